The van der Waals surface area contributed by atoms with Crippen LogP contribution >= 0.6 is 0 Å². The van der Waals surface area contributed by atoms with E-state index in [0.29, 0.717) is 41.3 Å². The molecule has 2 N–H and O–H groups in total. The molecule has 3 aromatic heterocycles. The number of halogens is 1. The average molecular weight is 509 g/mol. The quantitative estimate of drug-likeness (QED) is 0.420. The summed E-state index contributed by atoms with van der Waals surface area (Å²) >= 11 is 0. The standard InChI is InChI=1S/C15H16N4O3.C10H11FN4.H2/c1-9-7-8-12(22-9)14-17-18-15(16)19(14)13-10(20-2)5-4-6-11(13)21-3;11-9-5-13-10(14-6-9)15-3-1-2-8(4-12)7-15;/h4-8H,1-3H3,(H2,16,18);5-6,8H,1-3,7H2;1H/t;8-;/m.1./s1. The van der Waals surface area contributed by atoms with Crippen LogP contribution in [0.15, 0.2) is 47.1 Å². The van der Waals surface area contributed by atoms with E-state index in [9.17, 15) is 4.39 Å². The largest absolute Gasteiger partial charge is 0.494 e. The molecule has 11 nitrogen and oxygen atoms in total. The van der Waals surface area contributed by atoms with E-state index in [0.717, 1.165) is 37.5 Å². The first-order chi connectivity index (χ1) is 17.9. The van der Waals surface area contributed by atoms with Gasteiger partial charge in [-0.25, -0.2) is 14.4 Å². The zero-order valence-electron chi connectivity index (χ0n) is 20.8. The number of nitrogens with zero attached hydrogens (tertiary/aromatic N) is 7. The number of nitriles is 1. The van der Waals surface area contributed by atoms with Gasteiger partial charge in [-0.05, 0) is 44.0 Å². The number of benzene rings is 1. The maximum Gasteiger partial charge on any atom is 0.227 e. The Morgan fingerprint density at radius 2 is 1.84 bits per heavy atom. The minimum absolute atomic E-state index is 0. The number of nitrogen functional groups attached to an aromatic ring is 1. The summed E-state index contributed by atoms with van der Waals surface area (Å²) < 4.78 is 30.7. The molecule has 1 aliphatic heterocycles. The van der Waals surface area contributed by atoms with Crippen LogP contribution in [0.2, 0.25) is 0 Å². The van der Waals surface area contributed by atoms with Gasteiger partial charge in [0.15, 0.2) is 11.6 Å². The van der Waals surface area contributed by atoms with Crippen LogP contribution in [-0.4, -0.2) is 52.0 Å². The Balaban J connectivity index is 0.000000220. The molecule has 194 valence electrons. The third kappa shape index (κ3) is 5.61. The number of aromatic nitrogens is 5. The maximum absolute atomic E-state index is 12.6. The summed E-state index contributed by atoms with van der Waals surface area (Å²) in [5, 5.41) is 16.9. The highest BCUT2D eigenvalue weighted by Gasteiger charge is 2.23. The van der Waals surface area contributed by atoms with Crippen LogP contribution in [0.3, 0.4) is 0 Å². The molecule has 0 amide bonds. The number of hydrogen-bond acceptors (Lipinski definition) is 10. The predicted octanol–water partition coefficient (Wildman–Crippen LogP) is 4.04. The van der Waals surface area contributed by atoms with E-state index in [4.69, 9.17) is 24.9 Å². The zero-order valence-corrected chi connectivity index (χ0v) is 20.8. The van der Waals surface area contributed by atoms with Gasteiger partial charge < -0.3 is 24.5 Å². The van der Waals surface area contributed by atoms with Crippen molar-refractivity contribution in [2.75, 3.05) is 37.9 Å². The molecule has 1 fully saturated rings. The average Bonchev–Trinajstić information content (AvgIpc) is 3.53. The minimum atomic E-state index is -0.437. The van der Waals surface area contributed by atoms with Crippen molar-refractivity contribution in [1.29, 1.82) is 5.26 Å². The van der Waals surface area contributed by atoms with E-state index in [1.54, 1.807) is 18.8 Å². The van der Waals surface area contributed by atoms with Crippen LogP contribution in [0, 0.1) is 30.0 Å². The molecule has 1 aromatic carbocycles. The summed E-state index contributed by atoms with van der Waals surface area (Å²) in [6.07, 6.45) is 4.18. The summed E-state index contributed by atoms with van der Waals surface area (Å²) in [7, 11) is 3.16. The molecule has 1 aliphatic rings. The molecule has 12 heteroatoms. The van der Waals surface area contributed by atoms with Gasteiger partial charge in [0.2, 0.25) is 17.7 Å². The van der Waals surface area contributed by atoms with Crippen molar-refractivity contribution in [3.8, 4) is 34.8 Å². The molecule has 4 heterocycles. The fourth-order valence-corrected chi connectivity index (χ4v) is 4.02. The predicted molar refractivity (Wildman–Crippen MR) is 136 cm³/mol. The molecule has 1 saturated heterocycles. The van der Waals surface area contributed by atoms with E-state index in [1.165, 1.54) is 0 Å². The lowest BCUT2D eigenvalue weighted by atomic mass is 10.0. The van der Waals surface area contributed by atoms with Gasteiger partial charge >= 0.3 is 0 Å². The molecule has 0 bridgehead atoms. The van der Waals surface area contributed by atoms with Gasteiger partial charge in [0.25, 0.3) is 0 Å². The second kappa shape index (κ2) is 11.4. The van der Waals surface area contributed by atoms with E-state index in [-0.39, 0.29) is 13.3 Å². The number of nitrogens with two attached hydrogens (primary N) is 1. The van der Waals surface area contributed by atoms with Crippen LogP contribution in [0.5, 0.6) is 11.5 Å². The lowest BCUT2D eigenvalue weighted by Crippen LogP contribution is -2.35. The summed E-state index contributed by atoms with van der Waals surface area (Å²) in [6.45, 7) is 3.34. The van der Waals surface area contributed by atoms with Gasteiger partial charge in [0.1, 0.15) is 22.9 Å². The first kappa shape index (κ1) is 25.4. The Kier molecular flexibility index (Phi) is 7.83. The van der Waals surface area contributed by atoms with Gasteiger partial charge in [-0.3, -0.25) is 4.57 Å². The Bertz CT molecular complexity index is 1360. The Morgan fingerprint density at radius 3 is 2.43 bits per heavy atom. The molecule has 4 aromatic rings. The molecule has 0 aliphatic carbocycles. The van der Waals surface area contributed by atoms with Crippen molar-refractivity contribution in [3.05, 3.63) is 54.3 Å². The summed E-state index contributed by atoms with van der Waals surface area (Å²) in [5.41, 5.74) is 6.63. The van der Waals surface area contributed by atoms with Crippen molar-refractivity contribution < 1.29 is 19.7 Å². The smallest absolute Gasteiger partial charge is 0.227 e. The van der Waals surface area contributed by atoms with Crippen LogP contribution in [0.4, 0.5) is 16.3 Å². The number of aryl methyl sites for hydroxylation is 1. The van der Waals surface area contributed by atoms with E-state index < -0.39 is 5.82 Å². The van der Waals surface area contributed by atoms with Crippen LogP contribution in [0.1, 0.15) is 20.0 Å². The van der Waals surface area contributed by atoms with Crippen molar-refractivity contribution >= 4 is 11.9 Å². The lowest BCUT2D eigenvalue weighted by molar-refractivity contribution is 0.391. The third-order valence-corrected chi connectivity index (χ3v) is 5.77. The highest BCUT2D eigenvalue weighted by Crippen LogP contribution is 2.37. The van der Waals surface area contributed by atoms with Crippen molar-refractivity contribution in [1.82, 2.24) is 24.7 Å². The van der Waals surface area contributed by atoms with E-state index in [1.807, 2.05) is 42.2 Å². The van der Waals surface area contributed by atoms with E-state index in [2.05, 4.69) is 26.2 Å². The van der Waals surface area contributed by atoms with Crippen molar-refractivity contribution in [2.24, 2.45) is 5.92 Å². The number of anilines is 2. The molecular formula is C25H29FN8O3. The number of furan rings is 1. The number of piperidine rings is 1. The zero-order chi connectivity index (χ0) is 26.4. The van der Waals surface area contributed by atoms with Gasteiger partial charge in [-0.2, -0.15) is 5.26 Å². The summed E-state index contributed by atoms with van der Waals surface area (Å²) in [4.78, 5) is 9.73. The van der Waals surface area contributed by atoms with Crippen LogP contribution in [-0.2, 0) is 0 Å². The highest BCUT2D eigenvalue weighted by atomic mass is 19.1. The molecule has 0 saturated carbocycles. The third-order valence-electron chi connectivity index (χ3n) is 5.77. The van der Waals surface area contributed by atoms with Crippen molar-refractivity contribution in [2.45, 2.75) is 19.8 Å². The fourth-order valence-electron chi connectivity index (χ4n) is 4.02. The minimum Gasteiger partial charge on any atom is -0.494 e. The lowest BCUT2D eigenvalue weighted by Gasteiger charge is -2.29. The first-order valence-corrected chi connectivity index (χ1v) is 11.6. The summed E-state index contributed by atoms with van der Waals surface area (Å²) in [6, 6.07) is 11.4. The van der Waals surface area contributed by atoms with Gasteiger partial charge in [-0.1, -0.05) is 6.07 Å². The number of rotatable bonds is 5. The second-order valence-corrected chi connectivity index (χ2v) is 8.25. The normalized spacial score (nSPS) is 14.9. The molecule has 0 spiro atoms. The van der Waals surface area contributed by atoms with Gasteiger partial charge in [0, 0.05) is 14.5 Å². The molecule has 5 rings (SSSR count). The summed E-state index contributed by atoms with van der Waals surface area (Å²) in [5.74, 6) is 3.33. The Labute approximate surface area is 214 Å². The van der Waals surface area contributed by atoms with Crippen LogP contribution < -0.4 is 20.1 Å². The Hall–Kier alpha value is -4.66. The molecule has 1 atom stereocenters. The van der Waals surface area contributed by atoms with Gasteiger partial charge in [0.05, 0.1) is 38.6 Å². The number of para-hydroxylation sites is 1. The SMILES string of the molecule is COc1cccc(OC)c1-n1c(N)nnc1-c1ccc(C)o1.N#C[C@H]1CCCN(c2ncc(F)cn2)C1.[HH]. The van der Waals surface area contributed by atoms with E-state index >= 15 is 0 Å². The number of hydrogen-bond donors (Lipinski definition) is 1. The van der Waals surface area contributed by atoms with Crippen LogP contribution in [0.25, 0.3) is 17.3 Å². The van der Waals surface area contributed by atoms with Crippen molar-refractivity contribution in [3.63, 3.8) is 0 Å². The number of ether oxygens (including phenoxy) is 2. The maximum atomic E-state index is 12.6. The Morgan fingerprint density at radius 1 is 1.14 bits per heavy atom. The highest BCUT2D eigenvalue weighted by molar-refractivity contribution is 5.65. The molecular weight excluding hydrogens is 479 g/mol. The topological polar surface area (TPSA) is 141 Å². The molecule has 0 radical (unpaired) electrons. The fraction of sp³-hybridized carbons (Fsp3) is 0.320. The first-order valence-electron chi connectivity index (χ1n) is 11.6. The monoisotopic (exact) mass is 508 g/mol. The molecule has 37 heavy (non-hydrogen) atoms. The molecule has 0 unspecified atom stereocenters. The number of methoxy groups -OCH3 is 2. The second-order valence-electron chi connectivity index (χ2n) is 8.25. The van der Waals surface area contributed by atoms with Gasteiger partial charge in [-0.15, -0.1) is 10.2 Å².